The molecule has 9 heteroatoms. The summed E-state index contributed by atoms with van der Waals surface area (Å²) < 4.78 is 0. The molecule has 0 fully saturated rings. The summed E-state index contributed by atoms with van der Waals surface area (Å²) in [4.78, 5) is 33.3. The van der Waals surface area contributed by atoms with E-state index < -0.39 is 16.8 Å². The fourth-order valence-electron chi connectivity index (χ4n) is 1.79. The maximum absolute atomic E-state index is 12.2. The van der Waals surface area contributed by atoms with Gasteiger partial charge in [-0.1, -0.05) is 23.2 Å². The number of non-ortho nitro benzene ring substituents is 1. The first-order chi connectivity index (χ1) is 10.8. The molecule has 0 atom stereocenters. The Labute approximate surface area is 139 Å². The van der Waals surface area contributed by atoms with Gasteiger partial charge in [0.2, 0.25) is 0 Å². The van der Waals surface area contributed by atoms with E-state index in [9.17, 15) is 24.8 Å². The summed E-state index contributed by atoms with van der Waals surface area (Å²) >= 11 is 11.6. The van der Waals surface area contributed by atoms with Crippen molar-refractivity contribution in [1.29, 1.82) is 0 Å². The van der Waals surface area contributed by atoms with Crippen LogP contribution < -0.4 is 10.4 Å². The molecule has 0 bridgehead atoms. The van der Waals surface area contributed by atoms with Crippen LogP contribution in [0.4, 0.5) is 11.4 Å². The number of aromatic carboxylic acids is 1. The summed E-state index contributed by atoms with van der Waals surface area (Å²) in [7, 11) is 0. The molecule has 23 heavy (non-hydrogen) atoms. The highest BCUT2D eigenvalue weighted by Gasteiger charge is 2.17. The molecule has 7 nitrogen and oxygen atoms in total. The number of benzene rings is 2. The fraction of sp³-hybridized carbons (Fsp3) is 0. The van der Waals surface area contributed by atoms with Crippen LogP contribution in [0.25, 0.3) is 0 Å². The normalized spacial score (nSPS) is 10.2. The Bertz CT molecular complexity index is 823. The first-order valence-corrected chi connectivity index (χ1v) is 6.81. The number of halogens is 2. The summed E-state index contributed by atoms with van der Waals surface area (Å²) in [5.74, 6) is -2.33. The number of hydrogen-bond donors (Lipinski definition) is 1. The largest absolute Gasteiger partial charge is 0.545 e. The Morgan fingerprint density at radius 1 is 1.04 bits per heavy atom. The molecule has 1 N–H and O–H groups in total. The third-order valence-corrected chi connectivity index (χ3v) is 3.42. The second-order valence-electron chi connectivity index (χ2n) is 4.35. The molecule has 0 spiro atoms. The van der Waals surface area contributed by atoms with Crippen LogP contribution >= 0.6 is 23.2 Å². The van der Waals surface area contributed by atoms with Gasteiger partial charge in [-0.3, -0.25) is 14.9 Å². The van der Waals surface area contributed by atoms with Crippen LogP contribution in [0.2, 0.25) is 10.0 Å². The van der Waals surface area contributed by atoms with E-state index in [0.717, 1.165) is 12.1 Å². The van der Waals surface area contributed by atoms with Gasteiger partial charge in [0.1, 0.15) is 0 Å². The molecule has 0 saturated heterocycles. The third kappa shape index (κ3) is 3.77. The summed E-state index contributed by atoms with van der Waals surface area (Å²) in [5.41, 5.74) is -0.898. The van der Waals surface area contributed by atoms with Crippen LogP contribution in [-0.4, -0.2) is 16.8 Å². The summed E-state index contributed by atoms with van der Waals surface area (Å²) in [6.45, 7) is 0. The number of anilines is 1. The highest BCUT2D eigenvalue weighted by atomic mass is 35.5. The van der Waals surface area contributed by atoms with Gasteiger partial charge >= 0.3 is 0 Å². The van der Waals surface area contributed by atoms with E-state index in [2.05, 4.69) is 5.32 Å². The molecule has 2 aromatic rings. The number of nitro benzene ring substituents is 1. The number of amides is 1. The number of nitrogens with one attached hydrogen (secondary N) is 1. The van der Waals surface area contributed by atoms with Crippen LogP contribution in [0.5, 0.6) is 0 Å². The minimum absolute atomic E-state index is 0.0230. The van der Waals surface area contributed by atoms with Gasteiger partial charge in [-0.05, 0) is 24.3 Å². The van der Waals surface area contributed by atoms with Crippen molar-refractivity contribution < 1.29 is 19.6 Å². The maximum atomic E-state index is 12.2. The number of carbonyl (C=O) groups is 2. The average Bonchev–Trinajstić information content (AvgIpc) is 2.46. The Morgan fingerprint density at radius 3 is 2.35 bits per heavy atom. The van der Waals surface area contributed by atoms with Gasteiger partial charge in [0.05, 0.1) is 27.2 Å². The first kappa shape index (κ1) is 16.7. The second kappa shape index (κ2) is 6.64. The average molecular weight is 354 g/mol. The molecule has 0 heterocycles. The Kier molecular flexibility index (Phi) is 4.83. The monoisotopic (exact) mass is 353 g/mol. The van der Waals surface area contributed by atoms with Gasteiger partial charge < -0.3 is 15.2 Å². The van der Waals surface area contributed by atoms with Gasteiger partial charge in [0, 0.05) is 22.7 Å². The minimum atomic E-state index is -1.51. The molecular formula is C14H7Cl2N2O5-. The highest BCUT2D eigenvalue weighted by molar-refractivity contribution is 6.34. The quantitative estimate of drug-likeness (QED) is 0.670. The van der Waals surface area contributed by atoms with Gasteiger partial charge in [-0.2, -0.15) is 0 Å². The fourth-order valence-corrected chi connectivity index (χ4v) is 2.16. The third-order valence-electron chi connectivity index (χ3n) is 2.86. The summed E-state index contributed by atoms with van der Waals surface area (Å²) in [6, 6.07) is 7.04. The Hall–Kier alpha value is -2.64. The predicted octanol–water partition coefficient (Wildman–Crippen LogP) is 2.52. The Morgan fingerprint density at radius 2 is 1.74 bits per heavy atom. The van der Waals surface area contributed by atoms with Crippen molar-refractivity contribution in [1.82, 2.24) is 0 Å². The zero-order chi connectivity index (χ0) is 17.1. The SMILES string of the molecule is O=C(Nc1cc(Cl)ccc1C(=O)[O-])c1cc([N+](=O)[O-])ccc1Cl. The molecule has 0 unspecified atom stereocenters. The van der Waals surface area contributed by atoms with Crippen molar-refractivity contribution >= 4 is 46.5 Å². The minimum Gasteiger partial charge on any atom is -0.545 e. The van der Waals surface area contributed by atoms with Crippen molar-refractivity contribution in [2.24, 2.45) is 0 Å². The molecule has 0 saturated carbocycles. The van der Waals surface area contributed by atoms with Crippen molar-refractivity contribution in [2.75, 3.05) is 5.32 Å². The number of carbonyl (C=O) groups excluding carboxylic acids is 2. The summed E-state index contributed by atoms with van der Waals surface area (Å²) in [5, 5.41) is 24.3. The van der Waals surface area contributed by atoms with Gasteiger partial charge in [-0.15, -0.1) is 0 Å². The van der Waals surface area contributed by atoms with Crippen LogP contribution in [0.15, 0.2) is 36.4 Å². The number of nitrogens with zero attached hydrogens (tertiary/aromatic N) is 1. The highest BCUT2D eigenvalue weighted by Crippen LogP contribution is 2.25. The maximum Gasteiger partial charge on any atom is 0.270 e. The molecule has 0 aliphatic rings. The van der Waals surface area contributed by atoms with Gasteiger partial charge in [0.15, 0.2) is 0 Å². The molecule has 2 rings (SSSR count). The number of rotatable bonds is 4. The van der Waals surface area contributed by atoms with Gasteiger partial charge in [-0.25, -0.2) is 0 Å². The smallest absolute Gasteiger partial charge is 0.270 e. The molecule has 118 valence electrons. The summed E-state index contributed by atoms with van der Waals surface area (Å²) in [6.07, 6.45) is 0. The molecular weight excluding hydrogens is 347 g/mol. The van der Waals surface area contributed by atoms with Crippen molar-refractivity contribution in [3.05, 3.63) is 67.7 Å². The van der Waals surface area contributed by atoms with E-state index in [-0.39, 0.29) is 32.5 Å². The zero-order valence-electron chi connectivity index (χ0n) is 11.2. The van der Waals surface area contributed by atoms with E-state index in [0.29, 0.717) is 0 Å². The lowest BCUT2D eigenvalue weighted by Crippen LogP contribution is -2.25. The van der Waals surface area contributed by atoms with Crippen molar-refractivity contribution in [2.45, 2.75) is 0 Å². The van der Waals surface area contributed by atoms with E-state index >= 15 is 0 Å². The predicted molar refractivity (Wildman–Crippen MR) is 81.8 cm³/mol. The molecule has 0 radical (unpaired) electrons. The molecule has 2 aromatic carbocycles. The van der Waals surface area contributed by atoms with Crippen LogP contribution in [-0.2, 0) is 0 Å². The van der Waals surface area contributed by atoms with E-state index in [1.165, 1.54) is 24.3 Å². The molecule has 0 aromatic heterocycles. The van der Waals surface area contributed by atoms with Crippen LogP contribution in [0.3, 0.4) is 0 Å². The zero-order valence-corrected chi connectivity index (χ0v) is 12.7. The van der Waals surface area contributed by atoms with Crippen LogP contribution in [0.1, 0.15) is 20.7 Å². The number of hydrogen-bond acceptors (Lipinski definition) is 5. The van der Waals surface area contributed by atoms with E-state index in [1.807, 2.05) is 0 Å². The van der Waals surface area contributed by atoms with Gasteiger partial charge in [0.25, 0.3) is 11.6 Å². The number of nitro groups is 1. The first-order valence-electron chi connectivity index (χ1n) is 6.06. The lowest BCUT2D eigenvalue weighted by molar-refractivity contribution is -0.384. The topological polar surface area (TPSA) is 112 Å². The number of carboxylic acid groups (broad SMARTS) is 1. The molecule has 0 aliphatic heterocycles. The lowest BCUT2D eigenvalue weighted by Gasteiger charge is -2.12. The van der Waals surface area contributed by atoms with Crippen molar-refractivity contribution in [3.63, 3.8) is 0 Å². The van der Waals surface area contributed by atoms with Crippen molar-refractivity contribution in [3.8, 4) is 0 Å². The second-order valence-corrected chi connectivity index (χ2v) is 5.20. The van der Waals surface area contributed by atoms with E-state index in [1.54, 1.807) is 0 Å². The Balaban J connectivity index is 2.40. The molecule has 0 aliphatic carbocycles. The number of carboxylic acids is 1. The van der Waals surface area contributed by atoms with E-state index in [4.69, 9.17) is 23.2 Å². The van der Waals surface area contributed by atoms with Crippen LogP contribution in [0, 0.1) is 10.1 Å². The lowest BCUT2D eigenvalue weighted by atomic mass is 10.1. The molecule has 1 amide bonds. The standard InChI is InChI=1S/C14H8Cl2N2O5/c15-7-1-3-9(14(20)21)12(5-7)17-13(19)10-6-8(18(22)23)2-4-11(10)16/h1-6H,(H,17,19)(H,20,21)/p-1.